The van der Waals surface area contributed by atoms with Crippen molar-refractivity contribution in [1.82, 2.24) is 15.1 Å². The number of aromatic nitrogens is 3. The fraction of sp³-hybridized carbons (Fsp3) is 0.125. The second-order valence-electron chi connectivity index (χ2n) is 2.46. The van der Waals surface area contributed by atoms with Crippen LogP contribution in [0.3, 0.4) is 0 Å². The Labute approximate surface area is 74.6 Å². The lowest BCUT2D eigenvalue weighted by Crippen LogP contribution is -1.97. The Balaban J connectivity index is 2.36. The lowest BCUT2D eigenvalue weighted by Gasteiger charge is -1.89. The third-order valence-electron chi connectivity index (χ3n) is 1.58. The van der Waals surface area contributed by atoms with Gasteiger partial charge in [-0.2, -0.15) is 4.98 Å². The van der Waals surface area contributed by atoms with Crippen molar-refractivity contribution < 1.29 is 4.52 Å². The van der Waals surface area contributed by atoms with Gasteiger partial charge in [-0.05, 0) is 12.1 Å². The molecule has 2 heterocycles. The molecule has 13 heavy (non-hydrogen) atoms. The van der Waals surface area contributed by atoms with E-state index in [2.05, 4.69) is 15.1 Å². The molecule has 0 radical (unpaired) electrons. The monoisotopic (exact) mass is 176 g/mol. The second-order valence-corrected chi connectivity index (χ2v) is 2.46. The number of rotatable bonds is 2. The van der Waals surface area contributed by atoms with Crippen LogP contribution >= 0.6 is 0 Å². The average molecular weight is 176 g/mol. The van der Waals surface area contributed by atoms with Crippen LogP contribution in [0.25, 0.3) is 11.5 Å². The number of nitrogens with two attached hydrogens (primary N) is 1. The summed E-state index contributed by atoms with van der Waals surface area (Å²) in [6.45, 7) is 0.286. The Bertz CT molecular complexity index is 384. The summed E-state index contributed by atoms with van der Waals surface area (Å²) in [4.78, 5) is 7.95. The Hall–Kier alpha value is -1.75. The van der Waals surface area contributed by atoms with Crippen molar-refractivity contribution in [2.24, 2.45) is 5.73 Å². The summed E-state index contributed by atoms with van der Waals surface area (Å²) in [7, 11) is 0. The molecular weight excluding hydrogens is 168 g/mol. The molecule has 2 aromatic rings. The smallest absolute Gasteiger partial charge is 0.258 e. The highest BCUT2D eigenvalue weighted by Gasteiger charge is 2.05. The van der Waals surface area contributed by atoms with Gasteiger partial charge in [0.1, 0.15) is 0 Å². The van der Waals surface area contributed by atoms with Crippen LogP contribution in [0, 0.1) is 0 Å². The molecule has 0 aromatic carbocycles. The SMILES string of the molecule is NCc1noc(-c2ccncc2)n1. The van der Waals surface area contributed by atoms with Crippen molar-refractivity contribution in [2.75, 3.05) is 0 Å². The first-order valence-corrected chi connectivity index (χ1v) is 3.83. The van der Waals surface area contributed by atoms with Gasteiger partial charge in [0, 0.05) is 18.0 Å². The first-order valence-electron chi connectivity index (χ1n) is 3.83. The van der Waals surface area contributed by atoms with Gasteiger partial charge >= 0.3 is 0 Å². The van der Waals surface area contributed by atoms with Gasteiger partial charge in [-0.3, -0.25) is 4.98 Å². The zero-order valence-corrected chi connectivity index (χ0v) is 6.84. The van der Waals surface area contributed by atoms with Gasteiger partial charge in [0.2, 0.25) is 0 Å². The molecule has 2 rings (SSSR count). The van der Waals surface area contributed by atoms with Crippen molar-refractivity contribution in [1.29, 1.82) is 0 Å². The summed E-state index contributed by atoms with van der Waals surface area (Å²) in [5.41, 5.74) is 6.19. The summed E-state index contributed by atoms with van der Waals surface area (Å²) < 4.78 is 4.97. The topological polar surface area (TPSA) is 77.8 Å². The van der Waals surface area contributed by atoms with Crippen LogP contribution in [0.4, 0.5) is 0 Å². The molecule has 0 aliphatic heterocycles. The first-order chi connectivity index (χ1) is 6.40. The normalized spacial score (nSPS) is 10.2. The van der Waals surface area contributed by atoms with Gasteiger partial charge < -0.3 is 10.3 Å². The molecule has 0 aliphatic carbocycles. The van der Waals surface area contributed by atoms with Gasteiger partial charge in [0.25, 0.3) is 5.89 Å². The molecule has 0 saturated heterocycles. The van der Waals surface area contributed by atoms with Crippen molar-refractivity contribution in [3.8, 4) is 11.5 Å². The maximum absolute atomic E-state index is 5.34. The summed E-state index contributed by atoms with van der Waals surface area (Å²) >= 11 is 0. The highest BCUT2D eigenvalue weighted by atomic mass is 16.5. The summed E-state index contributed by atoms with van der Waals surface area (Å²) in [6, 6.07) is 3.60. The largest absolute Gasteiger partial charge is 0.334 e. The Morgan fingerprint density at radius 2 is 2.08 bits per heavy atom. The zero-order chi connectivity index (χ0) is 9.10. The average Bonchev–Trinajstić information content (AvgIpc) is 2.67. The molecule has 0 amide bonds. The maximum atomic E-state index is 5.34. The number of hydrogen-bond acceptors (Lipinski definition) is 5. The summed E-state index contributed by atoms with van der Waals surface area (Å²) in [5, 5.41) is 3.68. The standard InChI is InChI=1S/C8H8N4O/c9-5-7-11-8(13-12-7)6-1-3-10-4-2-6/h1-4H,5,9H2. The van der Waals surface area contributed by atoms with E-state index in [1.807, 2.05) is 0 Å². The van der Waals surface area contributed by atoms with Gasteiger partial charge in [0.15, 0.2) is 5.82 Å². The summed E-state index contributed by atoms with van der Waals surface area (Å²) in [6.07, 6.45) is 3.34. The van der Waals surface area contributed by atoms with E-state index in [-0.39, 0.29) is 6.54 Å². The van der Waals surface area contributed by atoms with E-state index in [4.69, 9.17) is 10.3 Å². The lowest BCUT2D eigenvalue weighted by molar-refractivity contribution is 0.423. The fourth-order valence-corrected chi connectivity index (χ4v) is 0.949. The first kappa shape index (κ1) is 7.88. The number of hydrogen-bond donors (Lipinski definition) is 1. The molecule has 0 unspecified atom stereocenters. The van der Waals surface area contributed by atoms with Gasteiger partial charge in [0.05, 0.1) is 6.54 Å². The van der Waals surface area contributed by atoms with Crippen LogP contribution in [0.2, 0.25) is 0 Å². The molecule has 5 heteroatoms. The molecule has 0 saturated carbocycles. The van der Waals surface area contributed by atoms with Crippen LogP contribution in [-0.2, 0) is 6.54 Å². The Morgan fingerprint density at radius 3 is 2.69 bits per heavy atom. The Morgan fingerprint density at radius 1 is 1.31 bits per heavy atom. The van der Waals surface area contributed by atoms with Gasteiger partial charge in [-0.1, -0.05) is 5.16 Å². The molecule has 0 spiro atoms. The van der Waals surface area contributed by atoms with Gasteiger partial charge in [-0.15, -0.1) is 0 Å². The molecule has 0 atom stereocenters. The minimum Gasteiger partial charge on any atom is -0.334 e. The van der Waals surface area contributed by atoms with E-state index in [1.165, 1.54) is 0 Å². The van der Waals surface area contributed by atoms with E-state index in [0.717, 1.165) is 5.56 Å². The van der Waals surface area contributed by atoms with Crippen LogP contribution in [0.5, 0.6) is 0 Å². The van der Waals surface area contributed by atoms with Crippen molar-refractivity contribution in [3.05, 3.63) is 30.4 Å². The molecule has 0 fully saturated rings. The third-order valence-corrected chi connectivity index (χ3v) is 1.58. The summed E-state index contributed by atoms with van der Waals surface area (Å²) in [5.74, 6) is 0.981. The zero-order valence-electron chi connectivity index (χ0n) is 6.84. The van der Waals surface area contributed by atoms with Crippen LogP contribution in [-0.4, -0.2) is 15.1 Å². The molecular formula is C8H8N4O. The van der Waals surface area contributed by atoms with E-state index >= 15 is 0 Å². The van der Waals surface area contributed by atoms with Crippen LogP contribution in [0.15, 0.2) is 29.0 Å². The molecule has 0 bridgehead atoms. The molecule has 66 valence electrons. The van der Waals surface area contributed by atoms with Crippen LogP contribution in [0.1, 0.15) is 5.82 Å². The van der Waals surface area contributed by atoms with Gasteiger partial charge in [-0.25, -0.2) is 0 Å². The molecule has 2 N–H and O–H groups in total. The Kier molecular flexibility index (Phi) is 2.01. The van der Waals surface area contributed by atoms with E-state index in [0.29, 0.717) is 11.7 Å². The van der Waals surface area contributed by atoms with Crippen molar-refractivity contribution >= 4 is 0 Å². The quantitative estimate of drug-likeness (QED) is 0.724. The van der Waals surface area contributed by atoms with Crippen molar-refractivity contribution in [2.45, 2.75) is 6.54 Å². The maximum Gasteiger partial charge on any atom is 0.258 e. The van der Waals surface area contributed by atoms with Crippen molar-refractivity contribution in [3.63, 3.8) is 0 Å². The molecule has 5 nitrogen and oxygen atoms in total. The highest BCUT2D eigenvalue weighted by Crippen LogP contribution is 2.14. The predicted octanol–water partition coefficient (Wildman–Crippen LogP) is 0.590. The number of pyridine rings is 1. The van der Waals surface area contributed by atoms with E-state index in [9.17, 15) is 0 Å². The third kappa shape index (κ3) is 1.54. The fourth-order valence-electron chi connectivity index (χ4n) is 0.949. The molecule has 0 aliphatic rings. The van der Waals surface area contributed by atoms with Crippen LogP contribution < -0.4 is 5.73 Å². The highest BCUT2D eigenvalue weighted by molar-refractivity contribution is 5.50. The minimum atomic E-state index is 0.286. The molecule has 2 aromatic heterocycles. The van der Waals surface area contributed by atoms with E-state index < -0.39 is 0 Å². The number of nitrogens with zero attached hydrogens (tertiary/aromatic N) is 3. The second kappa shape index (κ2) is 3.32. The minimum absolute atomic E-state index is 0.286. The lowest BCUT2D eigenvalue weighted by atomic mass is 10.3. The predicted molar refractivity (Wildman–Crippen MR) is 45.4 cm³/mol. The van der Waals surface area contributed by atoms with E-state index in [1.54, 1.807) is 24.5 Å².